The number of hydrogen-bond acceptors (Lipinski definition) is 3. The molecule has 0 bridgehead atoms. The Morgan fingerprint density at radius 1 is 0.923 bits per heavy atom. The van der Waals surface area contributed by atoms with Crippen LogP contribution in [0.2, 0.25) is 0 Å². The average molecular weight is 517 g/mol. The first-order chi connectivity index (χ1) is 19.2. The normalized spacial score (nSPS) is 15.0. The van der Waals surface area contributed by atoms with Gasteiger partial charge in [-0.3, -0.25) is 4.99 Å². The predicted molar refractivity (Wildman–Crippen MR) is 155 cm³/mol. The van der Waals surface area contributed by atoms with E-state index in [4.69, 9.17) is 14.5 Å². The van der Waals surface area contributed by atoms with Crippen molar-refractivity contribution in [1.29, 1.82) is 0 Å². The Kier molecular flexibility index (Phi) is 6.96. The molecule has 0 fully saturated rings. The number of halogens is 1. The van der Waals surface area contributed by atoms with Gasteiger partial charge in [-0.25, -0.2) is 4.39 Å². The van der Waals surface area contributed by atoms with Gasteiger partial charge in [-0.15, -0.1) is 0 Å². The molecule has 4 aromatic carbocycles. The van der Waals surface area contributed by atoms with Crippen molar-refractivity contribution in [3.05, 3.63) is 137 Å². The zero-order valence-electron chi connectivity index (χ0n) is 21.7. The summed E-state index contributed by atoms with van der Waals surface area (Å²) in [5.74, 6) is 1.91. The van der Waals surface area contributed by atoms with Gasteiger partial charge in [0, 0.05) is 52.5 Å². The van der Waals surface area contributed by atoms with Crippen molar-refractivity contribution < 1.29 is 13.9 Å². The van der Waals surface area contributed by atoms with E-state index in [0.29, 0.717) is 13.2 Å². The highest BCUT2D eigenvalue weighted by Gasteiger charge is 2.31. The number of ether oxygens (including phenoxy) is 2. The van der Waals surface area contributed by atoms with Crippen LogP contribution in [0.3, 0.4) is 0 Å². The molecule has 1 aliphatic heterocycles. The van der Waals surface area contributed by atoms with E-state index in [1.54, 1.807) is 0 Å². The Balaban J connectivity index is 1.40. The molecule has 4 nitrogen and oxygen atoms in total. The van der Waals surface area contributed by atoms with Gasteiger partial charge < -0.3 is 14.5 Å². The molecule has 5 aromatic rings. The van der Waals surface area contributed by atoms with Crippen LogP contribution in [0.5, 0.6) is 11.5 Å². The lowest BCUT2D eigenvalue weighted by Crippen LogP contribution is -2.17. The predicted octanol–water partition coefficient (Wildman–Crippen LogP) is 7.95. The first-order valence-corrected chi connectivity index (χ1v) is 13.3. The van der Waals surface area contributed by atoms with Crippen LogP contribution in [0, 0.1) is 5.82 Å². The average Bonchev–Trinajstić information content (AvgIpc) is 3.39. The fourth-order valence-corrected chi connectivity index (χ4v) is 5.21. The molecule has 194 valence electrons. The van der Waals surface area contributed by atoms with E-state index in [-0.39, 0.29) is 11.7 Å². The van der Waals surface area contributed by atoms with Gasteiger partial charge in [-0.05, 0) is 73.0 Å². The van der Waals surface area contributed by atoms with Crippen molar-refractivity contribution in [2.24, 2.45) is 4.99 Å². The van der Waals surface area contributed by atoms with Crippen LogP contribution in [0.4, 0.5) is 4.39 Å². The number of aromatic amines is 1. The van der Waals surface area contributed by atoms with E-state index >= 15 is 0 Å². The van der Waals surface area contributed by atoms with Gasteiger partial charge in [0.05, 0.1) is 6.61 Å². The summed E-state index contributed by atoms with van der Waals surface area (Å²) < 4.78 is 26.1. The van der Waals surface area contributed by atoms with Gasteiger partial charge in [0.2, 0.25) is 0 Å². The molecule has 0 amide bonds. The molecule has 0 radical (unpaired) electrons. The van der Waals surface area contributed by atoms with E-state index in [2.05, 4.69) is 35.4 Å². The molecule has 0 aliphatic carbocycles. The summed E-state index contributed by atoms with van der Waals surface area (Å²) in [4.78, 5) is 8.23. The minimum absolute atomic E-state index is 0.158. The Morgan fingerprint density at radius 3 is 2.51 bits per heavy atom. The first-order valence-electron chi connectivity index (χ1n) is 13.3. The molecule has 0 unspecified atom stereocenters. The molecule has 0 saturated heterocycles. The van der Waals surface area contributed by atoms with Crippen LogP contribution in [-0.2, 0) is 6.42 Å². The van der Waals surface area contributed by atoms with Crippen molar-refractivity contribution in [2.75, 3.05) is 13.2 Å². The number of aliphatic imine (C=N–C) groups is 1. The third-order valence-corrected chi connectivity index (χ3v) is 7.06. The maximum Gasteiger partial charge on any atom is 0.140 e. The number of nitrogens with zero attached hydrogens (tertiary/aromatic N) is 1. The summed E-state index contributed by atoms with van der Waals surface area (Å²) >= 11 is 0. The van der Waals surface area contributed by atoms with Crippen LogP contribution in [0.25, 0.3) is 16.7 Å². The smallest absolute Gasteiger partial charge is 0.140 e. The molecule has 1 aromatic heterocycles. The summed E-state index contributed by atoms with van der Waals surface area (Å²) in [5.41, 5.74) is 6.24. The number of allylic oxidation sites excluding steroid dienone is 1. The van der Waals surface area contributed by atoms with Crippen LogP contribution >= 0.6 is 0 Å². The van der Waals surface area contributed by atoms with Gasteiger partial charge in [0.1, 0.15) is 23.1 Å². The Morgan fingerprint density at radius 2 is 1.69 bits per heavy atom. The van der Waals surface area contributed by atoms with Crippen molar-refractivity contribution in [2.45, 2.75) is 19.3 Å². The number of fused-ring (bicyclic) bond motifs is 2. The van der Waals surface area contributed by atoms with Gasteiger partial charge in [0.25, 0.3) is 0 Å². The SMILES string of the molecule is CCOc1ccc(C2=C(C=NCCc3c[nH]c4ccccc34)[C@H](c3ccc(F)cc3)c3ccccc3O2)cc1. The van der Waals surface area contributed by atoms with Gasteiger partial charge in [0.15, 0.2) is 0 Å². The number of H-pyrrole nitrogens is 1. The number of nitrogens with one attached hydrogen (secondary N) is 1. The second-order valence-electron chi connectivity index (χ2n) is 9.51. The van der Waals surface area contributed by atoms with E-state index < -0.39 is 0 Å². The zero-order valence-corrected chi connectivity index (χ0v) is 21.7. The molecule has 0 saturated carbocycles. The third kappa shape index (κ3) is 5.08. The quantitative estimate of drug-likeness (QED) is 0.213. The standard InChI is InChI=1S/C34H29FN2O2/c1-2-38-27-17-13-24(14-18-27)34-30(22-36-20-19-25-21-37-31-9-5-3-7-28(25)31)33(23-11-15-26(35)16-12-23)29-8-4-6-10-32(29)39-34/h3-18,21-22,33,37H,2,19-20H2,1H3/t33-/m1/s1. The minimum Gasteiger partial charge on any atom is -0.494 e. The molecule has 39 heavy (non-hydrogen) atoms. The fourth-order valence-electron chi connectivity index (χ4n) is 5.21. The van der Waals surface area contributed by atoms with Gasteiger partial charge >= 0.3 is 0 Å². The van der Waals surface area contributed by atoms with Crippen molar-refractivity contribution in [1.82, 2.24) is 4.98 Å². The molecule has 0 spiro atoms. The molecule has 5 heteroatoms. The largest absolute Gasteiger partial charge is 0.494 e. The molecule has 6 rings (SSSR count). The molecule has 1 atom stereocenters. The van der Waals surface area contributed by atoms with Crippen LogP contribution < -0.4 is 9.47 Å². The van der Waals surface area contributed by atoms with Crippen molar-refractivity contribution in [3.63, 3.8) is 0 Å². The van der Waals surface area contributed by atoms with Crippen LogP contribution in [0.15, 0.2) is 114 Å². The zero-order chi connectivity index (χ0) is 26.6. The molecular formula is C34H29FN2O2. The van der Waals surface area contributed by atoms with E-state index in [9.17, 15) is 4.39 Å². The highest BCUT2D eigenvalue weighted by Crippen LogP contribution is 2.45. The molecule has 1 N–H and O–H groups in total. The molecular weight excluding hydrogens is 487 g/mol. The second kappa shape index (κ2) is 11.0. The topological polar surface area (TPSA) is 46.6 Å². The second-order valence-corrected chi connectivity index (χ2v) is 9.51. The summed E-state index contributed by atoms with van der Waals surface area (Å²) in [6.07, 6.45) is 4.81. The minimum atomic E-state index is -0.260. The van der Waals surface area contributed by atoms with Crippen molar-refractivity contribution in [3.8, 4) is 11.5 Å². The Hall–Kier alpha value is -4.64. The number of para-hydroxylation sites is 2. The third-order valence-electron chi connectivity index (χ3n) is 7.06. The lowest BCUT2D eigenvalue weighted by atomic mass is 9.81. The number of aromatic nitrogens is 1. The lowest BCUT2D eigenvalue weighted by Gasteiger charge is -2.30. The maximum atomic E-state index is 13.9. The summed E-state index contributed by atoms with van der Waals surface area (Å²) in [5, 5.41) is 1.22. The highest BCUT2D eigenvalue weighted by atomic mass is 19.1. The summed E-state index contributed by atoms with van der Waals surface area (Å²) in [7, 11) is 0. The maximum absolute atomic E-state index is 13.9. The first kappa shape index (κ1) is 24.7. The van der Waals surface area contributed by atoms with Crippen LogP contribution in [-0.4, -0.2) is 24.4 Å². The van der Waals surface area contributed by atoms with E-state index in [1.165, 1.54) is 23.1 Å². The number of hydrogen-bond donors (Lipinski definition) is 1. The fraction of sp³-hybridized carbons (Fsp3) is 0.147. The van der Waals surface area contributed by atoms with Crippen LogP contribution in [0.1, 0.15) is 35.1 Å². The Bertz CT molecular complexity index is 1650. The van der Waals surface area contributed by atoms with E-state index in [0.717, 1.165) is 51.5 Å². The molecule has 2 heterocycles. The monoisotopic (exact) mass is 516 g/mol. The van der Waals surface area contributed by atoms with E-state index in [1.807, 2.05) is 73.8 Å². The summed E-state index contributed by atoms with van der Waals surface area (Å²) in [6.45, 7) is 3.20. The molecule has 1 aliphatic rings. The summed E-state index contributed by atoms with van der Waals surface area (Å²) in [6, 6.07) is 31.0. The van der Waals surface area contributed by atoms with Crippen molar-refractivity contribution >= 4 is 22.9 Å². The van der Waals surface area contributed by atoms with Gasteiger partial charge in [-0.1, -0.05) is 48.5 Å². The number of rotatable bonds is 8. The van der Waals surface area contributed by atoms with Gasteiger partial charge in [-0.2, -0.15) is 0 Å². The lowest BCUT2D eigenvalue weighted by molar-refractivity contribution is 0.340. The highest BCUT2D eigenvalue weighted by molar-refractivity contribution is 5.94. The number of benzene rings is 4. The Labute approximate surface area is 227 Å².